The number of nitrogens with zero attached hydrogens (tertiary/aromatic N) is 1. The summed E-state index contributed by atoms with van der Waals surface area (Å²) in [6.45, 7) is 4.16. The van der Waals surface area contributed by atoms with Crippen LogP contribution >= 0.6 is 22.9 Å². The Bertz CT molecular complexity index is 1320. The lowest BCUT2D eigenvalue weighted by Gasteiger charge is -2.03. The maximum Gasteiger partial charge on any atom is 0.323 e. The van der Waals surface area contributed by atoms with E-state index in [2.05, 4.69) is 29.1 Å². The smallest absolute Gasteiger partial charge is 0.321 e. The normalized spacial score (nSPS) is 11.6. The van der Waals surface area contributed by atoms with Gasteiger partial charge in [-0.3, -0.25) is 4.79 Å². The lowest BCUT2D eigenvalue weighted by molar-refractivity contribution is -0.111. The molecule has 2 heterocycles. The topological polar surface area (TPSA) is 90.6 Å². The molecular weight excluding hydrogens is 420 g/mol. The van der Waals surface area contributed by atoms with E-state index in [9.17, 15) is 9.59 Å². The number of fused-ring (bicyclic) bond motifs is 1. The fraction of sp³-hybridized carbons (Fsp3) is 0.136. The van der Waals surface area contributed by atoms with Crippen LogP contribution in [0.25, 0.3) is 28.4 Å². The van der Waals surface area contributed by atoms with Gasteiger partial charge in [-0.1, -0.05) is 43.6 Å². The van der Waals surface area contributed by atoms with Crippen LogP contribution in [0.5, 0.6) is 0 Å². The Morgan fingerprint density at radius 2 is 2.00 bits per heavy atom. The van der Waals surface area contributed by atoms with Gasteiger partial charge in [-0.25, -0.2) is 9.78 Å². The highest BCUT2D eigenvalue weighted by atomic mass is 35.5. The molecule has 0 saturated carbocycles. The third kappa shape index (κ3) is 4.22. The first-order valence-corrected chi connectivity index (χ1v) is 10.6. The van der Waals surface area contributed by atoms with E-state index in [-0.39, 0.29) is 17.5 Å². The number of benzene rings is 2. The van der Waals surface area contributed by atoms with Crippen molar-refractivity contribution in [2.75, 3.05) is 5.32 Å². The quantitative estimate of drug-likeness (QED) is 0.364. The predicted octanol–water partition coefficient (Wildman–Crippen LogP) is 5.41. The molecular formula is C22H19ClN4O2S. The van der Waals surface area contributed by atoms with Crippen LogP contribution in [0.3, 0.4) is 0 Å². The molecule has 2 aromatic carbocycles. The molecule has 2 aromatic heterocycles. The number of amides is 1. The van der Waals surface area contributed by atoms with Crippen LogP contribution in [0.1, 0.15) is 29.7 Å². The average molecular weight is 439 g/mol. The van der Waals surface area contributed by atoms with Crippen LogP contribution in [-0.2, 0) is 4.79 Å². The minimum atomic E-state index is -0.320. The molecule has 0 aliphatic heterocycles. The molecule has 30 heavy (non-hydrogen) atoms. The van der Waals surface area contributed by atoms with Crippen molar-refractivity contribution in [2.45, 2.75) is 19.8 Å². The fourth-order valence-electron chi connectivity index (χ4n) is 3.04. The number of para-hydroxylation sites is 1. The monoisotopic (exact) mass is 438 g/mol. The molecule has 0 aliphatic carbocycles. The van der Waals surface area contributed by atoms with Crippen molar-refractivity contribution < 1.29 is 4.79 Å². The number of hydrogen-bond acceptors (Lipinski definition) is 4. The van der Waals surface area contributed by atoms with E-state index in [1.54, 1.807) is 35.6 Å². The number of rotatable bonds is 5. The van der Waals surface area contributed by atoms with Gasteiger partial charge in [0.2, 0.25) is 5.91 Å². The van der Waals surface area contributed by atoms with E-state index in [1.807, 2.05) is 24.3 Å². The Morgan fingerprint density at radius 1 is 1.20 bits per heavy atom. The Labute approximate surface area is 181 Å². The number of carbonyl (C=O) groups excluding carboxylic acids is 1. The third-order valence-corrected chi connectivity index (χ3v) is 6.01. The molecule has 4 aromatic rings. The SMILES string of the molecule is CC(C)c1nc(-c2cccc(Cl)c2)c(/C=C/C(=O)Nc2cccc3[nH]c(=O)[nH]c23)s1. The van der Waals surface area contributed by atoms with E-state index in [4.69, 9.17) is 16.6 Å². The van der Waals surface area contributed by atoms with E-state index < -0.39 is 0 Å². The van der Waals surface area contributed by atoms with Gasteiger partial charge in [0, 0.05) is 22.6 Å². The van der Waals surface area contributed by atoms with Crippen molar-refractivity contribution >= 4 is 51.6 Å². The number of thiazole rings is 1. The second kappa shape index (κ2) is 8.30. The highest BCUT2D eigenvalue weighted by Crippen LogP contribution is 2.33. The maximum absolute atomic E-state index is 12.5. The second-order valence-corrected chi connectivity index (χ2v) is 8.56. The number of H-pyrrole nitrogens is 2. The van der Waals surface area contributed by atoms with Gasteiger partial charge in [0.15, 0.2) is 0 Å². The molecule has 0 bridgehead atoms. The van der Waals surface area contributed by atoms with E-state index in [0.29, 0.717) is 21.7 Å². The summed E-state index contributed by atoms with van der Waals surface area (Å²) in [5, 5.41) is 4.43. The predicted molar refractivity (Wildman–Crippen MR) is 123 cm³/mol. The molecule has 0 saturated heterocycles. The zero-order valence-corrected chi connectivity index (χ0v) is 17.9. The number of imidazole rings is 1. The highest BCUT2D eigenvalue weighted by Gasteiger charge is 2.14. The largest absolute Gasteiger partial charge is 0.323 e. The van der Waals surface area contributed by atoms with E-state index in [1.165, 1.54) is 6.08 Å². The molecule has 0 atom stereocenters. The molecule has 3 N–H and O–H groups in total. The van der Waals surface area contributed by atoms with Gasteiger partial charge < -0.3 is 15.3 Å². The van der Waals surface area contributed by atoms with Gasteiger partial charge in [-0.05, 0) is 30.3 Å². The van der Waals surface area contributed by atoms with Gasteiger partial charge in [0.25, 0.3) is 0 Å². The van der Waals surface area contributed by atoms with Gasteiger partial charge in [-0.15, -0.1) is 11.3 Å². The molecule has 1 amide bonds. The van der Waals surface area contributed by atoms with Crippen LogP contribution < -0.4 is 11.0 Å². The molecule has 0 radical (unpaired) electrons. The molecule has 0 aliphatic rings. The summed E-state index contributed by atoms with van der Waals surface area (Å²) in [4.78, 5) is 35.1. The summed E-state index contributed by atoms with van der Waals surface area (Å²) >= 11 is 7.70. The Balaban J connectivity index is 1.63. The Hall–Kier alpha value is -3.16. The number of carbonyl (C=O) groups is 1. The summed E-state index contributed by atoms with van der Waals surface area (Å²) in [6.07, 6.45) is 3.23. The van der Waals surface area contributed by atoms with Gasteiger partial charge >= 0.3 is 5.69 Å². The molecule has 6 nitrogen and oxygen atoms in total. The number of anilines is 1. The van der Waals surface area contributed by atoms with Crippen molar-refractivity contribution in [2.24, 2.45) is 0 Å². The first kappa shape index (κ1) is 20.1. The van der Waals surface area contributed by atoms with Crippen molar-refractivity contribution in [1.82, 2.24) is 15.0 Å². The van der Waals surface area contributed by atoms with Crippen molar-refractivity contribution in [1.29, 1.82) is 0 Å². The van der Waals surface area contributed by atoms with Gasteiger partial charge in [0.05, 0.1) is 32.3 Å². The second-order valence-electron chi connectivity index (χ2n) is 7.06. The number of nitrogens with one attached hydrogen (secondary N) is 3. The number of hydrogen-bond donors (Lipinski definition) is 3. The summed E-state index contributed by atoms with van der Waals surface area (Å²) in [7, 11) is 0. The third-order valence-electron chi connectivity index (χ3n) is 4.46. The number of halogens is 1. The van der Waals surface area contributed by atoms with Gasteiger partial charge in [-0.2, -0.15) is 0 Å². The summed E-state index contributed by atoms with van der Waals surface area (Å²) in [5.41, 5.74) is 3.10. The van der Waals surface area contributed by atoms with Crippen LogP contribution in [0.2, 0.25) is 5.02 Å². The lowest BCUT2D eigenvalue weighted by atomic mass is 10.1. The standard InChI is InChI=1S/C22H19ClN4O2S/c1-12(2)21-26-19(13-5-3-6-14(23)11-13)17(30-21)9-10-18(28)24-15-7-4-8-16-20(15)27-22(29)25-16/h3-12H,1-2H3,(H,24,28)(H2,25,27,29)/b10-9+. The Kier molecular flexibility index (Phi) is 5.57. The lowest BCUT2D eigenvalue weighted by Crippen LogP contribution is -2.08. The maximum atomic E-state index is 12.5. The first-order chi connectivity index (χ1) is 14.4. The first-order valence-electron chi connectivity index (χ1n) is 9.37. The van der Waals surface area contributed by atoms with Gasteiger partial charge in [0.1, 0.15) is 0 Å². The van der Waals surface area contributed by atoms with Crippen molar-refractivity contribution in [3.05, 3.63) is 73.9 Å². The Morgan fingerprint density at radius 3 is 2.77 bits per heavy atom. The molecule has 0 spiro atoms. The highest BCUT2D eigenvalue weighted by molar-refractivity contribution is 7.13. The number of aromatic nitrogens is 3. The summed E-state index contributed by atoms with van der Waals surface area (Å²) in [5.74, 6) is -0.0342. The molecule has 0 unspecified atom stereocenters. The van der Waals surface area contributed by atoms with E-state index >= 15 is 0 Å². The van der Waals surface area contributed by atoms with E-state index in [0.717, 1.165) is 21.1 Å². The number of aromatic amines is 2. The average Bonchev–Trinajstić information content (AvgIpc) is 3.30. The molecule has 0 fully saturated rings. The molecule has 8 heteroatoms. The minimum Gasteiger partial charge on any atom is -0.321 e. The fourth-order valence-corrected chi connectivity index (χ4v) is 4.22. The summed E-state index contributed by atoms with van der Waals surface area (Å²) < 4.78 is 0. The zero-order chi connectivity index (χ0) is 21.3. The van der Waals surface area contributed by atoms with Crippen LogP contribution in [-0.4, -0.2) is 20.9 Å². The minimum absolute atomic E-state index is 0.270. The van der Waals surface area contributed by atoms with Crippen LogP contribution in [0, 0.1) is 0 Å². The molecule has 152 valence electrons. The summed E-state index contributed by atoms with van der Waals surface area (Å²) in [6, 6.07) is 12.8. The van der Waals surface area contributed by atoms with Crippen LogP contribution in [0.4, 0.5) is 5.69 Å². The molecule has 4 rings (SSSR count). The zero-order valence-electron chi connectivity index (χ0n) is 16.3. The van der Waals surface area contributed by atoms with Crippen molar-refractivity contribution in [3.8, 4) is 11.3 Å². The van der Waals surface area contributed by atoms with Crippen LogP contribution in [0.15, 0.2) is 53.3 Å². The van der Waals surface area contributed by atoms with Crippen molar-refractivity contribution in [3.63, 3.8) is 0 Å².